The van der Waals surface area contributed by atoms with E-state index in [9.17, 15) is 9.59 Å². The summed E-state index contributed by atoms with van der Waals surface area (Å²) >= 11 is 0. The number of hydrogen-bond donors (Lipinski definition) is 2. The summed E-state index contributed by atoms with van der Waals surface area (Å²) in [5, 5.41) is 8.56. The van der Waals surface area contributed by atoms with Gasteiger partial charge in [-0.3, -0.25) is 9.59 Å². The molecule has 0 rings (SSSR count). The molecule has 1 atom stereocenters. The highest BCUT2D eigenvalue weighted by atomic mass is 16.5. The van der Waals surface area contributed by atoms with Crippen molar-refractivity contribution in [3.05, 3.63) is 12.7 Å². The molecule has 0 amide bonds. The van der Waals surface area contributed by atoms with E-state index in [0.29, 0.717) is 0 Å². The Bertz CT molecular complexity index is 222. The highest BCUT2D eigenvalue weighted by Crippen LogP contribution is 2.06. The lowest BCUT2D eigenvalue weighted by atomic mass is 10.0. The molecule has 0 aliphatic carbocycles. The molecule has 0 radical (unpaired) electrons. The van der Waals surface area contributed by atoms with Gasteiger partial charge in [-0.1, -0.05) is 12.7 Å². The maximum atomic E-state index is 10.9. The number of carbonyl (C=O) groups excluding carboxylic acids is 1. The van der Waals surface area contributed by atoms with Gasteiger partial charge in [-0.05, 0) is 6.92 Å². The molecule has 13 heavy (non-hydrogen) atoms. The zero-order chi connectivity index (χ0) is 10.5. The number of esters is 1. The van der Waals surface area contributed by atoms with Gasteiger partial charge in [-0.15, -0.1) is 0 Å². The Labute approximate surface area is 76.2 Å². The van der Waals surface area contributed by atoms with Crippen LogP contribution in [0.3, 0.4) is 0 Å². The van der Waals surface area contributed by atoms with Gasteiger partial charge in [-0.2, -0.15) is 0 Å². The van der Waals surface area contributed by atoms with Crippen molar-refractivity contribution in [1.82, 2.24) is 0 Å². The summed E-state index contributed by atoms with van der Waals surface area (Å²) in [6, 6.07) is 0. The van der Waals surface area contributed by atoms with Gasteiger partial charge in [0.15, 0.2) is 0 Å². The second-order valence-corrected chi connectivity index (χ2v) is 2.87. The summed E-state index contributed by atoms with van der Waals surface area (Å²) in [6.07, 6.45) is 1.04. The molecule has 0 aromatic carbocycles. The minimum Gasteiger partial charge on any atom is -0.480 e. The summed E-state index contributed by atoms with van der Waals surface area (Å²) in [5.74, 6) is -1.88. The number of nitrogens with two attached hydrogens (primary N) is 1. The Morgan fingerprint density at radius 3 is 2.62 bits per heavy atom. The number of carbonyl (C=O) groups is 2. The van der Waals surface area contributed by atoms with Crippen molar-refractivity contribution in [3.63, 3.8) is 0 Å². The molecule has 0 heterocycles. The lowest BCUT2D eigenvalue weighted by Gasteiger charge is -2.17. The SMILES string of the molecule is C=CCOC(=O)CC(C)(N)C(=O)O. The Morgan fingerprint density at radius 1 is 1.69 bits per heavy atom. The normalized spacial score (nSPS) is 14.3. The van der Waals surface area contributed by atoms with Gasteiger partial charge in [0.25, 0.3) is 0 Å². The van der Waals surface area contributed by atoms with Crippen molar-refractivity contribution in [2.24, 2.45) is 5.73 Å². The summed E-state index contributed by atoms with van der Waals surface area (Å²) in [7, 11) is 0. The van der Waals surface area contributed by atoms with Crippen LogP contribution in [-0.4, -0.2) is 29.2 Å². The number of aliphatic carboxylic acids is 1. The Hall–Kier alpha value is -1.36. The number of hydrogen-bond acceptors (Lipinski definition) is 4. The first kappa shape index (κ1) is 11.6. The quantitative estimate of drug-likeness (QED) is 0.463. The highest BCUT2D eigenvalue weighted by Gasteiger charge is 2.31. The summed E-state index contributed by atoms with van der Waals surface area (Å²) in [6.45, 7) is 4.66. The number of carboxylic acid groups (broad SMARTS) is 1. The third-order valence-corrected chi connectivity index (χ3v) is 1.36. The van der Waals surface area contributed by atoms with Crippen molar-refractivity contribution in [2.45, 2.75) is 18.9 Å². The van der Waals surface area contributed by atoms with Crippen LogP contribution in [0.15, 0.2) is 12.7 Å². The molecule has 3 N–H and O–H groups in total. The van der Waals surface area contributed by atoms with E-state index in [2.05, 4.69) is 11.3 Å². The first-order chi connectivity index (χ1) is 5.90. The van der Waals surface area contributed by atoms with Gasteiger partial charge < -0.3 is 15.6 Å². The zero-order valence-corrected chi connectivity index (χ0v) is 7.45. The molecule has 74 valence electrons. The van der Waals surface area contributed by atoms with Crippen molar-refractivity contribution in [3.8, 4) is 0 Å². The van der Waals surface area contributed by atoms with Crippen LogP contribution in [0.1, 0.15) is 13.3 Å². The molecule has 5 nitrogen and oxygen atoms in total. The first-order valence-corrected chi connectivity index (χ1v) is 3.69. The van der Waals surface area contributed by atoms with Gasteiger partial charge in [0, 0.05) is 0 Å². The maximum Gasteiger partial charge on any atom is 0.323 e. The summed E-state index contributed by atoms with van der Waals surface area (Å²) in [4.78, 5) is 21.4. The predicted molar refractivity (Wildman–Crippen MR) is 46.0 cm³/mol. The summed E-state index contributed by atoms with van der Waals surface area (Å²) in [5.41, 5.74) is 3.73. The molecule has 0 spiro atoms. The fourth-order valence-electron chi connectivity index (χ4n) is 0.578. The van der Waals surface area contributed by atoms with E-state index in [4.69, 9.17) is 10.8 Å². The molecule has 0 bridgehead atoms. The topological polar surface area (TPSA) is 89.6 Å². The van der Waals surface area contributed by atoms with Crippen molar-refractivity contribution >= 4 is 11.9 Å². The molecule has 0 fully saturated rings. The maximum absolute atomic E-state index is 10.9. The van der Waals surface area contributed by atoms with Crippen molar-refractivity contribution < 1.29 is 19.4 Å². The van der Waals surface area contributed by atoms with E-state index in [-0.39, 0.29) is 13.0 Å². The van der Waals surface area contributed by atoms with Crippen LogP contribution in [0.5, 0.6) is 0 Å². The van der Waals surface area contributed by atoms with Crippen LogP contribution >= 0.6 is 0 Å². The Kier molecular flexibility index (Phi) is 4.13. The van der Waals surface area contributed by atoms with Gasteiger partial charge in [-0.25, -0.2) is 0 Å². The van der Waals surface area contributed by atoms with Crippen LogP contribution in [0, 0.1) is 0 Å². The molecule has 0 aromatic heterocycles. The van der Waals surface area contributed by atoms with E-state index in [1.807, 2.05) is 0 Å². The molecule has 0 aliphatic rings. The minimum absolute atomic E-state index is 0.0640. The lowest BCUT2D eigenvalue weighted by molar-refractivity contribution is -0.151. The Balaban J connectivity index is 4.04. The molecule has 5 heteroatoms. The number of ether oxygens (including phenoxy) is 1. The molecule has 0 aromatic rings. The third kappa shape index (κ3) is 4.27. The average molecular weight is 187 g/mol. The third-order valence-electron chi connectivity index (χ3n) is 1.36. The van der Waals surface area contributed by atoms with Crippen LogP contribution in [0.25, 0.3) is 0 Å². The average Bonchev–Trinajstić information content (AvgIpc) is 1.99. The van der Waals surface area contributed by atoms with Crippen molar-refractivity contribution in [2.75, 3.05) is 6.61 Å². The van der Waals surface area contributed by atoms with Gasteiger partial charge in [0.1, 0.15) is 12.1 Å². The van der Waals surface area contributed by atoms with Gasteiger partial charge >= 0.3 is 11.9 Å². The predicted octanol–water partition coefficient (Wildman–Crippen LogP) is -0.0923. The van der Waals surface area contributed by atoms with E-state index >= 15 is 0 Å². The van der Waals surface area contributed by atoms with E-state index in [1.54, 1.807) is 0 Å². The standard InChI is InChI=1S/C8H13NO4/c1-3-4-13-6(10)5-8(2,9)7(11)12/h3H,1,4-5,9H2,2H3,(H,11,12). The van der Waals surface area contributed by atoms with Gasteiger partial charge in [0.2, 0.25) is 0 Å². The fraction of sp³-hybridized carbons (Fsp3) is 0.500. The highest BCUT2D eigenvalue weighted by molar-refractivity contribution is 5.84. The van der Waals surface area contributed by atoms with Crippen LogP contribution in [-0.2, 0) is 14.3 Å². The van der Waals surface area contributed by atoms with Crippen LogP contribution in [0.2, 0.25) is 0 Å². The fourth-order valence-corrected chi connectivity index (χ4v) is 0.578. The Morgan fingerprint density at radius 2 is 2.23 bits per heavy atom. The monoisotopic (exact) mass is 187 g/mol. The number of rotatable bonds is 5. The van der Waals surface area contributed by atoms with Crippen molar-refractivity contribution in [1.29, 1.82) is 0 Å². The smallest absolute Gasteiger partial charge is 0.323 e. The molecular formula is C8H13NO4. The van der Waals surface area contributed by atoms with Gasteiger partial charge in [0.05, 0.1) is 6.42 Å². The zero-order valence-electron chi connectivity index (χ0n) is 7.45. The molecule has 0 aliphatic heterocycles. The van der Waals surface area contributed by atoms with E-state index in [1.165, 1.54) is 13.0 Å². The molecule has 1 unspecified atom stereocenters. The minimum atomic E-state index is -1.57. The van der Waals surface area contributed by atoms with E-state index < -0.39 is 17.5 Å². The van der Waals surface area contributed by atoms with E-state index in [0.717, 1.165) is 0 Å². The number of carboxylic acids is 1. The van der Waals surface area contributed by atoms with Crippen LogP contribution < -0.4 is 5.73 Å². The largest absolute Gasteiger partial charge is 0.480 e. The van der Waals surface area contributed by atoms with Crippen LogP contribution in [0.4, 0.5) is 0 Å². The molecule has 0 saturated carbocycles. The molecule has 0 saturated heterocycles. The second kappa shape index (κ2) is 4.61. The lowest BCUT2D eigenvalue weighted by Crippen LogP contribution is -2.46. The first-order valence-electron chi connectivity index (χ1n) is 3.69. The second-order valence-electron chi connectivity index (χ2n) is 2.87. The molecular weight excluding hydrogens is 174 g/mol. The summed E-state index contributed by atoms with van der Waals surface area (Å²) < 4.78 is 4.58.